The van der Waals surface area contributed by atoms with E-state index in [2.05, 4.69) is 10.3 Å². The highest BCUT2D eigenvalue weighted by Gasteiger charge is 2.20. The van der Waals surface area contributed by atoms with Gasteiger partial charge in [0, 0.05) is 18.0 Å². The van der Waals surface area contributed by atoms with Crippen LogP contribution in [0.2, 0.25) is 0 Å². The molecule has 2 N–H and O–H groups in total. The van der Waals surface area contributed by atoms with Crippen molar-refractivity contribution in [2.24, 2.45) is 0 Å². The van der Waals surface area contributed by atoms with Crippen molar-refractivity contribution in [3.63, 3.8) is 0 Å². The summed E-state index contributed by atoms with van der Waals surface area (Å²) in [5, 5.41) is 22.9. The Labute approximate surface area is 120 Å². The van der Waals surface area contributed by atoms with Crippen LogP contribution in [0.25, 0.3) is 0 Å². The molecular formula is C14H13N3O4. The van der Waals surface area contributed by atoms with Gasteiger partial charge in [0.2, 0.25) is 0 Å². The molecule has 2 aromatic rings. The summed E-state index contributed by atoms with van der Waals surface area (Å²) in [6.45, 7) is 1.86. The second-order valence-electron chi connectivity index (χ2n) is 4.41. The average Bonchev–Trinajstić information content (AvgIpc) is 2.47. The van der Waals surface area contributed by atoms with Gasteiger partial charge in [0.1, 0.15) is 5.56 Å². The molecule has 1 unspecified atom stereocenters. The number of benzene rings is 1. The highest BCUT2D eigenvalue weighted by atomic mass is 16.6. The third kappa shape index (κ3) is 3.33. The number of nitrogens with one attached hydrogen (secondary N) is 1. The molecule has 2 rings (SSSR count). The molecule has 0 amide bonds. The van der Waals surface area contributed by atoms with Crippen molar-refractivity contribution >= 4 is 17.3 Å². The van der Waals surface area contributed by atoms with Crippen molar-refractivity contribution in [1.82, 2.24) is 4.98 Å². The average molecular weight is 287 g/mol. The molecule has 0 spiro atoms. The van der Waals surface area contributed by atoms with E-state index in [-0.39, 0.29) is 11.6 Å². The summed E-state index contributed by atoms with van der Waals surface area (Å²) in [6.07, 6.45) is 1.66. The first-order chi connectivity index (χ1) is 9.99. The van der Waals surface area contributed by atoms with Crippen LogP contribution >= 0.6 is 0 Å². The molecule has 7 heteroatoms. The predicted octanol–water partition coefficient (Wildman–Crippen LogP) is 2.86. The molecule has 0 aliphatic carbocycles. The number of aromatic nitrogens is 1. The lowest BCUT2D eigenvalue weighted by atomic mass is 10.1. The summed E-state index contributed by atoms with van der Waals surface area (Å²) in [4.78, 5) is 25.4. The Morgan fingerprint density at radius 2 is 2.14 bits per heavy atom. The molecule has 0 saturated carbocycles. The standard InChI is InChI=1S/C14H13N3O4/c1-9(12-4-2-3-7-15-12)16-10-5-6-11(14(18)19)13(8-10)17(20)21/h2-9,16H,1H3,(H,18,19). The number of hydrogen-bond acceptors (Lipinski definition) is 5. The number of aromatic carboxylic acids is 1. The van der Waals surface area contributed by atoms with Crippen LogP contribution < -0.4 is 5.32 Å². The molecular weight excluding hydrogens is 274 g/mol. The van der Waals surface area contributed by atoms with E-state index in [0.717, 1.165) is 5.69 Å². The minimum atomic E-state index is -1.33. The molecule has 1 aromatic heterocycles. The van der Waals surface area contributed by atoms with E-state index < -0.39 is 16.6 Å². The van der Waals surface area contributed by atoms with Crippen LogP contribution in [0.15, 0.2) is 42.6 Å². The Bertz CT molecular complexity index is 673. The van der Waals surface area contributed by atoms with Crippen LogP contribution in [0.4, 0.5) is 11.4 Å². The second kappa shape index (κ2) is 6.00. The number of nitro groups is 1. The first kappa shape index (κ1) is 14.4. The number of nitrogens with zero attached hydrogens (tertiary/aromatic N) is 2. The van der Waals surface area contributed by atoms with E-state index >= 15 is 0 Å². The van der Waals surface area contributed by atoms with Gasteiger partial charge in [-0.3, -0.25) is 15.1 Å². The first-order valence-corrected chi connectivity index (χ1v) is 6.18. The fourth-order valence-corrected chi connectivity index (χ4v) is 1.91. The normalized spacial score (nSPS) is 11.7. The van der Waals surface area contributed by atoms with Crippen LogP contribution in [-0.2, 0) is 0 Å². The zero-order chi connectivity index (χ0) is 15.4. The van der Waals surface area contributed by atoms with Gasteiger partial charge in [0.15, 0.2) is 0 Å². The fourth-order valence-electron chi connectivity index (χ4n) is 1.91. The lowest BCUT2D eigenvalue weighted by Gasteiger charge is -2.14. The Morgan fingerprint density at radius 3 is 2.71 bits per heavy atom. The quantitative estimate of drug-likeness (QED) is 0.647. The van der Waals surface area contributed by atoms with E-state index in [4.69, 9.17) is 5.11 Å². The van der Waals surface area contributed by atoms with Gasteiger partial charge in [0.05, 0.1) is 16.7 Å². The highest BCUT2D eigenvalue weighted by Crippen LogP contribution is 2.25. The van der Waals surface area contributed by atoms with Gasteiger partial charge in [-0.1, -0.05) is 6.07 Å². The van der Waals surface area contributed by atoms with Crippen LogP contribution in [-0.4, -0.2) is 21.0 Å². The third-order valence-electron chi connectivity index (χ3n) is 2.94. The molecule has 1 heterocycles. The SMILES string of the molecule is CC(Nc1ccc(C(=O)O)c([N+](=O)[O-])c1)c1ccccn1. The van der Waals surface area contributed by atoms with Crippen molar-refractivity contribution < 1.29 is 14.8 Å². The summed E-state index contributed by atoms with van der Waals surface area (Å²) in [5.41, 5.74) is 0.462. The van der Waals surface area contributed by atoms with Crippen molar-refractivity contribution in [2.45, 2.75) is 13.0 Å². The van der Waals surface area contributed by atoms with Gasteiger partial charge in [-0.2, -0.15) is 0 Å². The van der Waals surface area contributed by atoms with Gasteiger partial charge >= 0.3 is 5.97 Å². The molecule has 0 fully saturated rings. The molecule has 1 atom stereocenters. The molecule has 0 saturated heterocycles. The minimum absolute atomic E-state index is 0.165. The minimum Gasteiger partial charge on any atom is -0.477 e. The van der Waals surface area contributed by atoms with Crippen molar-refractivity contribution in [3.05, 3.63) is 64.0 Å². The number of hydrogen-bond donors (Lipinski definition) is 2. The molecule has 7 nitrogen and oxygen atoms in total. The Morgan fingerprint density at radius 1 is 1.38 bits per heavy atom. The van der Waals surface area contributed by atoms with Gasteiger partial charge in [-0.25, -0.2) is 4.79 Å². The maximum Gasteiger partial charge on any atom is 0.342 e. The highest BCUT2D eigenvalue weighted by molar-refractivity contribution is 5.93. The summed E-state index contributed by atoms with van der Waals surface area (Å²) >= 11 is 0. The summed E-state index contributed by atoms with van der Waals surface area (Å²) < 4.78 is 0. The van der Waals surface area contributed by atoms with Crippen molar-refractivity contribution in [3.8, 4) is 0 Å². The Balaban J connectivity index is 2.27. The number of carboxylic acid groups (broad SMARTS) is 1. The van der Waals surface area contributed by atoms with Crippen LogP contribution in [0.3, 0.4) is 0 Å². The zero-order valence-corrected chi connectivity index (χ0v) is 11.2. The van der Waals surface area contributed by atoms with Crippen molar-refractivity contribution in [1.29, 1.82) is 0 Å². The van der Waals surface area contributed by atoms with Gasteiger partial charge < -0.3 is 10.4 Å². The Kier molecular flexibility index (Phi) is 4.13. The molecule has 0 bridgehead atoms. The number of rotatable bonds is 5. The molecule has 0 aliphatic rings. The monoisotopic (exact) mass is 287 g/mol. The topological polar surface area (TPSA) is 105 Å². The second-order valence-corrected chi connectivity index (χ2v) is 4.41. The number of carbonyl (C=O) groups is 1. The summed E-state index contributed by atoms with van der Waals surface area (Å²) in [6, 6.07) is 9.23. The maximum absolute atomic E-state index is 10.9. The molecule has 108 valence electrons. The number of pyridine rings is 1. The summed E-state index contributed by atoms with van der Waals surface area (Å²) in [7, 11) is 0. The molecule has 0 aliphatic heterocycles. The smallest absolute Gasteiger partial charge is 0.342 e. The molecule has 1 aromatic carbocycles. The van der Waals surface area contributed by atoms with Crippen molar-refractivity contribution in [2.75, 3.05) is 5.32 Å². The Hall–Kier alpha value is -2.96. The van der Waals surface area contributed by atoms with E-state index in [1.165, 1.54) is 18.2 Å². The fraction of sp³-hybridized carbons (Fsp3) is 0.143. The van der Waals surface area contributed by atoms with E-state index in [0.29, 0.717) is 5.69 Å². The van der Waals surface area contributed by atoms with Crippen LogP contribution in [0, 0.1) is 10.1 Å². The van der Waals surface area contributed by atoms with Crippen LogP contribution in [0.5, 0.6) is 0 Å². The van der Waals surface area contributed by atoms with Crippen LogP contribution in [0.1, 0.15) is 29.0 Å². The zero-order valence-electron chi connectivity index (χ0n) is 11.2. The number of carboxylic acids is 1. The first-order valence-electron chi connectivity index (χ1n) is 6.18. The molecule has 21 heavy (non-hydrogen) atoms. The third-order valence-corrected chi connectivity index (χ3v) is 2.94. The van der Waals surface area contributed by atoms with Gasteiger partial charge in [-0.05, 0) is 31.2 Å². The predicted molar refractivity (Wildman–Crippen MR) is 76.3 cm³/mol. The summed E-state index contributed by atoms with van der Waals surface area (Å²) in [5.74, 6) is -1.33. The molecule has 0 radical (unpaired) electrons. The largest absolute Gasteiger partial charge is 0.477 e. The van der Waals surface area contributed by atoms with Gasteiger partial charge in [-0.15, -0.1) is 0 Å². The van der Waals surface area contributed by atoms with Gasteiger partial charge in [0.25, 0.3) is 5.69 Å². The number of anilines is 1. The maximum atomic E-state index is 10.9. The van der Waals surface area contributed by atoms with E-state index in [1.54, 1.807) is 12.3 Å². The van der Waals surface area contributed by atoms with E-state index in [9.17, 15) is 14.9 Å². The van der Waals surface area contributed by atoms with E-state index in [1.807, 2.05) is 19.1 Å². The lowest BCUT2D eigenvalue weighted by Crippen LogP contribution is -2.09. The number of nitro benzene ring substituents is 1. The lowest BCUT2D eigenvalue weighted by molar-refractivity contribution is -0.385.